The maximum absolute atomic E-state index is 6.46. The normalized spacial score (nSPS) is 15.9. The first-order chi connectivity index (χ1) is 18.0. The smallest absolute Gasteiger partial charge is 0.178 e. The molecule has 3 aromatic carbocycles. The second-order valence-corrected chi connectivity index (χ2v) is 10.3. The third-order valence-electron chi connectivity index (χ3n) is 6.84. The molecule has 1 saturated heterocycles. The molecule has 6 nitrogen and oxygen atoms in total. The highest BCUT2D eigenvalue weighted by Crippen LogP contribution is 2.33. The van der Waals surface area contributed by atoms with Crippen molar-refractivity contribution in [3.8, 4) is 5.69 Å². The van der Waals surface area contributed by atoms with Crippen LogP contribution in [0.4, 0.5) is 0 Å². The topological polar surface area (TPSA) is 50.1 Å². The number of rotatable bonds is 7. The minimum absolute atomic E-state index is 0.188. The van der Waals surface area contributed by atoms with Crippen LogP contribution in [0.15, 0.2) is 72.8 Å². The molecule has 0 amide bonds. The molecule has 0 N–H and O–H groups in total. The molecule has 1 aromatic heterocycles. The molecule has 37 heavy (non-hydrogen) atoms. The molecular weight excluding hydrogens is 503 g/mol. The molecule has 1 fully saturated rings. The number of aromatic nitrogens is 4. The van der Waals surface area contributed by atoms with Crippen LogP contribution >= 0.6 is 23.2 Å². The Morgan fingerprint density at radius 3 is 2.22 bits per heavy atom. The van der Waals surface area contributed by atoms with Crippen LogP contribution in [-0.2, 0) is 0 Å². The summed E-state index contributed by atoms with van der Waals surface area (Å²) in [6, 6.07) is 22.1. The van der Waals surface area contributed by atoms with E-state index >= 15 is 0 Å². The van der Waals surface area contributed by atoms with Crippen LogP contribution < -0.4 is 0 Å². The summed E-state index contributed by atoms with van der Waals surface area (Å²) >= 11 is 12.9. The quantitative estimate of drug-likeness (QED) is 0.292. The van der Waals surface area contributed by atoms with E-state index in [-0.39, 0.29) is 6.04 Å². The fourth-order valence-electron chi connectivity index (χ4n) is 5.03. The van der Waals surface area contributed by atoms with Crippen LogP contribution in [0.2, 0.25) is 10.0 Å². The molecule has 5 rings (SSSR count). The second kappa shape index (κ2) is 11.6. The SMILES string of the molecule is Cc1cccc(C)c1-n1nnnc1[C@@H](c1cc(Cl)cc(Cl)c1)N1CCN(C/C=C/c2ccccc2)CC1. The molecule has 0 saturated carbocycles. The second-order valence-electron chi connectivity index (χ2n) is 9.44. The zero-order valence-electron chi connectivity index (χ0n) is 21.1. The van der Waals surface area contributed by atoms with Crippen molar-refractivity contribution in [1.29, 1.82) is 0 Å². The van der Waals surface area contributed by atoms with Crippen LogP contribution in [0.1, 0.15) is 34.1 Å². The van der Waals surface area contributed by atoms with Crippen LogP contribution in [0.5, 0.6) is 0 Å². The molecule has 8 heteroatoms. The molecule has 0 unspecified atom stereocenters. The van der Waals surface area contributed by atoms with Gasteiger partial charge in [0.15, 0.2) is 5.82 Å². The zero-order valence-corrected chi connectivity index (χ0v) is 22.6. The molecule has 1 aliphatic rings. The predicted octanol–water partition coefficient (Wildman–Crippen LogP) is 6.01. The summed E-state index contributed by atoms with van der Waals surface area (Å²) < 4.78 is 1.87. The first-order valence-corrected chi connectivity index (χ1v) is 13.2. The summed E-state index contributed by atoms with van der Waals surface area (Å²) in [5.74, 6) is 0.758. The van der Waals surface area contributed by atoms with Gasteiger partial charge in [0.1, 0.15) is 0 Å². The van der Waals surface area contributed by atoms with Gasteiger partial charge in [-0.3, -0.25) is 9.80 Å². The Labute approximate surface area is 228 Å². The highest BCUT2D eigenvalue weighted by atomic mass is 35.5. The Morgan fingerprint density at radius 2 is 1.54 bits per heavy atom. The Kier molecular flexibility index (Phi) is 8.01. The molecule has 0 bridgehead atoms. The Hall–Kier alpha value is -3.03. The Balaban J connectivity index is 1.42. The molecule has 0 spiro atoms. The number of hydrogen-bond acceptors (Lipinski definition) is 5. The maximum atomic E-state index is 6.46. The van der Waals surface area contributed by atoms with E-state index in [4.69, 9.17) is 23.2 Å². The third-order valence-corrected chi connectivity index (χ3v) is 7.27. The Bertz CT molecular complexity index is 1340. The van der Waals surface area contributed by atoms with Crippen molar-refractivity contribution < 1.29 is 0 Å². The monoisotopic (exact) mass is 532 g/mol. The lowest BCUT2D eigenvalue weighted by atomic mass is 10.0. The van der Waals surface area contributed by atoms with Gasteiger partial charge in [-0.25, -0.2) is 0 Å². The van der Waals surface area contributed by atoms with Gasteiger partial charge in [-0.15, -0.1) is 5.10 Å². The minimum Gasteiger partial charge on any atom is -0.297 e. The van der Waals surface area contributed by atoms with Gasteiger partial charge in [-0.2, -0.15) is 4.68 Å². The fourth-order valence-corrected chi connectivity index (χ4v) is 5.57. The van der Waals surface area contributed by atoms with E-state index in [0.29, 0.717) is 10.0 Å². The van der Waals surface area contributed by atoms with E-state index in [1.807, 2.05) is 22.9 Å². The summed E-state index contributed by atoms with van der Waals surface area (Å²) in [4.78, 5) is 4.89. The lowest BCUT2D eigenvalue weighted by molar-refractivity contribution is 0.113. The summed E-state index contributed by atoms with van der Waals surface area (Å²) in [5, 5.41) is 14.3. The van der Waals surface area contributed by atoms with Crippen molar-refractivity contribution in [1.82, 2.24) is 30.0 Å². The average molecular weight is 534 g/mol. The first-order valence-electron chi connectivity index (χ1n) is 12.5. The number of para-hydroxylation sites is 1. The molecule has 190 valence electrons. The van der Waals surface area contributed by atoms with Crippen molar-refractivity contribution in [3.05, 3.63) is 111 Å². The molecule has 2 heterocycles. The number of piperazine rings is 1. The zero-order chi connectivity index (χ0) is 25.8. The van der Waals surface area contributed by atoms with Gasteiger partial charge in [0.25, 0.3) is 0 Å². The maximum Gasteiger partial charge on any atom is 0.178 e. The van der Waals surface area contributed by atoms with E-state index in [2.05, 4.69) is 93.8 Å². The van der Waals surface area contributed by atoms with Crippen LogP contribution in [0.3, 0.4) is 0 Å². The molecule has 0 aliphatic carbocycles. The highest BCUT2D eigenvalue weighted by molar-refractivity contribution is 6.34. The standard InChI is InChI=1S/C29H30Cl2N6/c1-21-8-6-9-22(2)27(21)37-29(32-33-34-37)28(24-18-25(30)20-26(31)19-24)36-16-14-35(15-17-36)13-7-12-23-10-4-3-5-11-23/h3-12,18-20,28H,13-17H2,1-2H3/b12-7+/t28-/m1/s1. The van der Waals surface area contributed by atoms with Crippen LogP contribution in [0.25, 0.3) is 11.8 Å². The number of hydrogen-bond donors (Lipinski definition) is 0. The minimum atomic E-state index is -0.188. The number of aryl methyl sites for hydroxylation is 2. The van der Waals surface area contributed by atoms with Crippen molar-refractivity contribution in [2.75, 3.05) is 32.7 Å². The van der Waals surface area contributed by atoms with Crippen molar-refractivity contribution in [3.63, 3.8) is 0 Å². The van der Waals surface area contributed by atoms with E-state index in [1.165, 1.54) is 5.56 Å². The summed E-state index contributed by atoms with van der Waals surface area (Å²) in [6.07, 6.45) is 4.42. The Morgan fingerprint density at radius 1 is 0.865 bits per heavy atom. The molecular formula is C29H30Cl2N6. The number of tetrazole rings is 1. The van der Waals surface area contributed by atoms with Crippen LogP contribution in [-0.4, -0.2) is 62.7 Å². The summed E-state index contributed by atoms with van der Waals surface area (Å²) in [7, 11) is 0. The van der Waals surface area contributed by atoms with Gasteiger partial charge >= 0.3 is 0 Å². The number of nitrogens with zero attached hydrogens (tertiary/aromatic N) is 6. The van der Waals surface area contributed by atoms with Gasteiger partial charge in [-0.05, 0) is 64.7 Å². The van der Waals surface area contributed by atoms with E-state index in [0.717, 1.165) is 60.9 Å². The van der Waals surface area contributed by atoms with E-state index < -0.39 is 0 Å². The van der Waals surface area contributed by atoms with Gasteiger partial charge in [0.05, 0.1) is 11.7 Å². The lowest BCUT2D eigenvalue weighted by Gasteiger charge is -2.38. The predicted molar refractivity (Wildman–Crippen MR) is 150 cm³/mol. The van der Waals surface area contributed by atoms with E-state index in [1.54, 1.807) is 6.07 Å². The third kappa shape index (κ3) is 5.94. The van der Waals surface area contributed by atoms with Gasteiger partial charge < -0.3 is 0 Å². The molecule has 0 radical (unpaired) electrons. The average Bonchev–Trinajstić information content (AvgIpc) is 3.34. The summed E-state index contributed by atoms with van der Waals surface area (Å²) in [6.45, 7) is 8.70. The summed E-state index contributed by atoms with van der Waals surface area (Å²) in [5.41, 5.74) is 5.44. The van der Waals surface area contributed by atoms with Gasteiger partial charge in [0.2, 0.25) is 0 Å². The van der Waals surface area contributed by atoms with Crippen molar-refractivity contribution in [2.45, 2.75) is 19.9 Å². The number of benzene rings is 3. The lowest BCUT2D eigenvalue weighted by Crippen LogP contribution is -2.48. The molecule has 1 aliphatic heterocycles. The molecule has 4 aromatic rings. The highest BCUT2D eigenvalue weighted by Gasteiger charge is 2.32. The largest absolute Gasteiger partial charge is 0.297 e. The van der Waals surface area contributed by atoms with Gasteiger partial charge in [-0.1, -0.05) is 83.9 Å². The van der Waals surface area contributed by atoms with Crippen molar-refractivity contribution >= 4 is 29.3 Å². The first kappa shape index (κ1) is 25.6. The van der Waals surface area contributed by atoms with Crippen LogP contribution in [0, 0.1) is 13.8 Å². The number of halogens is 2. The van der Waals surface area contributed by atoms with E-state index in [9.17, 15) is 0 Å². The molecule has 1 atom stereocenters. The van der Waals surface area contributed by atoms with Gasteiger partial charge in [0, 0.05) is 42.8 Å². The van der Waals surface area contributed by atoms with Crippen molar-refractivity contribution in [2.24, 2.45) is 0 Å². The fraction of sp³-hybridized carbons (Fsp3) is 0.276.